The van der Waals surface area contributed by atoms with E-state index in [0.717, 1.165) is 23.1 Å². The van der Waals surface area contributed by atoms with Crippen molar-refractivity contribution in [3.05, 3.63) is 76.0 Å². The largest absolute Gasteiger partial charge is 0.416 e. The number of allylic oxidation sites excluding steroid dienone is 1. The highest BCUT2D eigenvalue weighted by atomic mass is 35.5. The molecule has 186 valence electrons. The number of alkyl halides is 3. The van der Waals surface area contributed by atoms with Crippen LogP contribution in [0.4, 0.5) is 18.9 Å². The summed E-state index contributed by atoms with van der Waals surface area (Å²) in [6, 6.07) is 10.6. The summed E-state index contributed by atoms with van der Waals surface area (Å²) in [5.41, 5.74) is 3.60. The molecule has 2 aromatic rings. The Labute approximate surface area is 206 Å². The summed E-state index contributed by atoms with van der Waals surface area (Å²) in [6.45, 7) is 3.08. The smallest absolute Gasteiger partial charge is 0.369 e. The number of hydrogen-bond acceptors (Lipinski definition) is 3. The fourth-order valence-corrected chi connectivity index (χ4v) is 4.51. The second-order valence-electron chi connectivity index (χ2n) is 8.74. The van der Waals surface area contributed by atoms with E-state index in [9.17, 15) is 27.6 Å². The monoisotopic (exact) mass is 507 g/mol. The first-order valence-corrected chi connectivity index (χ1v) is 11.1. The van der Waals surface area contributed by atoms with Crippen molar-refractivity contribution in [3.63, 3.8) is 0 Å². The van der Waals surface area contributed by atoms with Gasteiger partial charge in [0, 0.05) is 48.4 Å². The number of halogens is 4. The van der Waals surface area contributed by atoms with E-state index >= 15 is 0 Å². The second-order valence-corrected chi connectivity index (χ2v) is 9.17. The van der Waals surface area contributed by atoms with Crippen LogP contribution in [0.25, 0.3) is 0 Å². The van der Waals surface area contributed by atoms with E-state index in [0.29, 0.717) is 10.6 Å². The van der Waals surface area contributed by atoms with Crippen LogP contribution in [-0.2, 0) is 20.6 Å². The van der Waals surface area contributed by atoms with E-state index in [4.69, 9.17) is 17.3 Å². The van der Waals surface area contributed by atoms with Crippen molar-refractivity contribution in [2.75, 3.05) is 19.0 Å². The fraction of sp³-hybridized carbons (Fsp3) is 0.320. The lowest BCUT2D eigenvalue weighted by Crippen LogP contribution is -2.57. The predicted molar refractivity (Wildman–Crippen MR) is 126 cm³/mol. The number of hydrogen-bond donors (Lipinski definition) is 1. The Morgan fingerprint density at radius 1 is 1.14 bits per heavy atom. The van der Waals surface area contributed by atoms with Crippen LogP contribution in [0.1, 0.15) is 37.3 Å². The van der Waals surface area contributed by atoms with Crippen LogP contribution in [-0.4, -0.2) is 36.7 Å². The van der Waals surface area contributed by atoms with Crippen molar-refractivity contribution >= 4 is 35.0 Å². The van der Waals surface area contributed by atoms with Gasteiger partial charge in [0.05, 0.1) is 5.56 Å². The molecular weight excluding hydrogens is 483 g/mol. The number of carbonyl (C=O) groups is 3. The zero-order valence-corrected chi connectivity index (χ0v) is 20.4. The zero-order chi connectivity index (χ0) is 26.3. The standard InChI is InChI=1S/C25H25ClF3N3O3/c1-14(16-8-10-18(26)11-9-16)24(22(30)34)13-20(21(33)31(3)4)15(2)32(23(24)35)19-7-5-6-17(12-19)25(27,28)29/h5-12,14H,13H2,1-4H3,(H2,30,34). The molecule has 0 aromatic heterocycles. The van der Waals surface area contributed by atoms with Gasteiger partial charge in [0.15, 0.2) is 0 Å². The van der Waals surface area contributed by atoms with Gasteiger partial charge in [-0.05, 0) is 42.8 Å². The van der Waals surface area contributed by atoms with E-state index in [1.807, 2.05) is 0 Å². The van der Waals surface area contributed by atoms with Gasteiger partial charge < -0.3 is 10.6 Å². The molecule has 3 amide bonds. The summed E-state index contributed by atoms with van der Waals surface area (Å²) < 4.78 is 40.3. The minimum atomic E-state index is -4.66. The molecular formula is C25H25ClF3N3O3. The first-order chi connectivity index (χ1) is 16.2. The summed E-state index contributed by atoms with van der Waals surface area (Å²) in [6.07, 6.45) is -4.96. The molecule has 3 rings (SSSR count). The summed E-state index contributed by atoms with van der Waals surface area (Å²) in [5, 5.41) is 0.439. The molecule has 2 atom stereocenters. The van der Waals surface area contributed by atoms with Crippen LogP contribution < -0.4 is 10.6 Å². The molecule has 0 fully saturated rings. The number of benzene rings is 2. The Kier molecular flexibility index (Phi) is 7.04. The van der Waals surface area contributed by atoms with Gasteiger partial charge in [-0.25, -0.2) is 0 Å². The van der Waals surface area contributed by atoms with E-state index in [2.05, 4.69) is 0 Å². The molecule has 0 spiro atoms. The highest BCUT2D eigenvalue weighted by Gasteiger charge is 2.56. The van der Waals surface area contributed by atoms with Crippen LogP contribution in [0.2, 0.25) is 5.02 Å². The predicted octanol–water partition coefficient (Wildman–Crippen LogP) is 4.73. The fourth-order valence-electron chi connectivity index (χ4n) is 4.38. The molecule has 0 radical (unpaired) electrons. The molecule has 0 saturated heterocycles. The Hall–Kier alpha value is -3.33. The Balaban J connectivity index is 2.30. The van der Waals surface area contributed by atoms with Crippen molar-refractivity contribution in [3.8, 4) is 0 Å². The molecule has 2 N–H and O–H groups in total. The van der Waals surface area contributed by atoms with Crippen LogP contribution in [0.3, 0.4) is 0 Å². The van der Waals surface area contributed by atoms with Gasteiger partial charge in [-0.2, -0.15) is 13.2 Å². The number of primary amides is 1. The normalized spacial score (nSPS) is 19.5. The Morgan fingerprint density at radius 3 is 2.26 bits per heavy atom. The van der Waals surface area contributed by atoms with E-state index in [-0.39, 0.29) is 23.4 Å². The number of likely N-dealkylation sites (N-methyl/N-ethyl adjacent to an activating group) is 1. The van der Waals surface area contributed by atoms with Gasteiger partial charge in [-0.1, -0.05) is 36.7 Å². The highest BCUT2D eigenvalue weighted by molar-refractivity contribution is 6.30. The van der Waals surface area contributed by atoms with Crippen molar-refractivity contribution in [2.24, 2.45) is 11.1 Å². The average molecular weight is 508 g/mol. The van der Waals surface area contributed by atoms with Crippen LogP contribution in [0.5, 0.6) is 0 Å². The first-order valence-electron chi connectivity index (χ1n) is 10.7. The van der Waals surface area contributed by atoms with Crippen molar-refractivity contribution in [1.29, 1.82) is 0 Å². The quantitative estimate of drug-likeness (QED) is 0.594. The molecule has 1 aliphatic heterocycles. The number of nitrogens with zero attached hydrogens (tertiary/aromatic N) is 2. The third-order valence-electron chi connectivity index (χ3n) is 6.46. The van der Waals surface area contributed by atoms with Crippen LogP contribution in [0.15, 0.2) is 59.8 Å². The van der Waals surface area contributed by atoms with E-state index in [1.54, 1.807) is 31.2 Å². The zero-order valence-electron chi connectivity index (χ0n) is 19.6. The minimum Gasteiger partial charge on any atom is -0.369 e. The maximum absolute atomic E-state index is 14.0. The lowest BCUT2D eigenvalue weighted by Gasteiger charge is -2.44. The summed E-state index contributed by atoms with van der Waals surface area (Å²) in [5.74, 6) is -3.10. The summed E-state index contributed by atoms with van der Waals surface area (Å²) >= 11 is 5.99. The van der Waals surface area contributed by atoms with Crippen molar-refractivity contribution in [2.45, 2.75) is 32.4 Å². The molecule has 0 bridgehead atoms. The summed E-state index contributed by atoms with van der Waals surface area (Å²) in [7, 11) is 3.00. The number of amides is 3. The maximum Gasteiger partial charge on any atom is 0.416 e. The van der Waals surface area contributed by atoms with Gasteiger partial charge in [-0.3, -0.25) is 19.3 Å². The second kappa shape index (κ2) is 9.37. The number of anilines is 1. The SMILES string of the molecule is CC1=C(C(=O)N(C)C)CC(C(N)=O)(C(C)c2ccc(Cl)cc2)C(=O)N1c1cccc(C(F)(F)F)c1. The average Bonchev–Trinajstić information content (AvgIpc) is 2.78. The first kappa shape index (κ1) is 26.3. The van der Waals surface area contributed by atoms with Crippen molar-refractivity contribution in [1.82, 2.24) is 4.90 Å². The van der Waals surface area contributed by atoms with Crippen LogP contribution >= 0.6 is 11.6 Å². The summed E-state index contributed by atoms with van der Waals surface area (Å²) in [4.78, 5) is 42.5. The van der Waals surface area contributed by atoms with Crippen molar-refractivity contribution < 1.29 is 27.6 Å². The molecule has 0 saturated carbocycles. The minimum absolute atomic E-state index is 0.103. The van der Waals surface area contributed by atoms with E-state index in [1.165, 1.54) is 32.0 Å². The number of nitrogens with two attached hydrogens (primary N) is 1. The molecule has 10 heteroatoms. The number of rotatable bonds is 5. The lowest BCUT2D eigenvalue weighted by molar-refractivity contribution is -0.142. The molecule has 0 aliphatic carbocycles. The Morgan fingerprint density at radius 2 is 1.74 bits per heavy atom. The van der Waals surface area contributed by atoms with Gasteiger partial charge in [-0.15, -0.1) is 0 Å². The molecule has 1 aliphatic rings. The molecule has 35 heavy (non-hydrogen) atoms. The molecule has 2 unspecified atom stereocenters. The Bertz CT molecular complexity index is 1210. The third kappa shape index (κ3) is 4.65. The van der Waals surface area contributed by atoms with E-state index < -0.39 is 40.8 Å². The van der Waals surface area contributed by atoms with Gasteiger partial charge in [0.1, 0.15) is 5.41 Å². The van der Waals surface area contributed by atoms with Crippen LogP contribution in [0, 0.1) is 5.41 Å². The van der Waals surface area contributed by atoms with Gasteiger partial charge in [0.2, 0.25) is 11.8 Å². The maximum atomic E-state index is 14.0. The van der Waals surface area contributed by atoms with Gasteiger partial charge in [0.25, 0.3) is 5.91 Å². The highest BCUT2D eigenvalue weighted by Crippen LogP contribution is 2.48. The van der Waals surface area contributed by atoms with Gasteiger partial charge >= 0.3 is 6.18 Å². The topological polar surface area (TPSA) is 83.7 Å². The third-order valence-corrected chi connectivity index (χ3v) is 6.71. The molecule has 2 aromatic carbocycles. The molecule has 6 nitrogen and oxygen atoms in total. The lowest BCUT2D eigenvalue weighted by atomic mass is 9.65. The number of carbonyl (C=O) groups excluding carboxylic acids is 3. The molecule has 1 heterocycles.